The van der Waals surface area contributed by atoms with Crippen LogP contribution < -0.4 is 9.64 Å². The fraction of sp³-hybridized carbons (Fsp3) is 0.471. The van der Waals surface area contributed by atoms with Crippen molar-refractivity contribution in [3.63, 3.8) is 0 Å². The Morgan fingerprint density at radius 1 is 1.10 bits per heavy atom. The number of aromatic nitrogens is 1. The van der Waals surface area contributed by atoms with Gasteiger partial charge in [-0.3, -0.25) is 9.78 Å². The van der Waals surface area contributed by atoms with Crippen LogP contribution in [-0.2, 0) is 22.4 Å². The number of nitrogens with zero attached hydrogens (tertiary/aromatic N) is 2. The number of carbonyl (C=O) groups is 1. The summed E-state index contributed by atoms with van der Waals surface area (Å²) < 4.78 is 25.4. The molecule has 1 fully saturated rings. The van der Waals surface area contributed by atoms with Gasteiger partial charge in [-0.05, 0) is 99.7 Å². The Bertz CT molecular complexity index is 1390. The van der Waals surface area contributed by atoms with Crippen LogP contribution in [0.4, 0.5) is 10.1 Å². The molecular formula is C34H41FN2O3. The lowest BCUT2D eigenvalue weighted by molar-refractivity contribution is -0.146. The van der Waals surface area contributed by atoms with Crippen molar-refractivity contribution in [2.24, 2.45) is 5.41 Å². The molecule has 0 bridgehead atoms. The zero-order valence-electron chi connectivity index (χ0n) is 24.6. The molecule has 5 nitrogen and oxygen atoms in total. The van der Waals surface area contributed by atoms with E-state index in [2.05, 4.69) is 43.9 Å². The summed E-state index contributed by atoms with van der Waals surface area (Å²) >= 11 is 0. The normalized spacial score (nSPS) is 18.3. The molecule has 1 unspecified atom stereocenters. The number of hydrogen-bond donors (Lipinski definition) is 0. The second kappa shape index (κ2) is 11.2. The molecule has 2 aromatic carbocycles. The van der Waals surface area contributed by atoms with Crippen molar-refractivity contribution < 1.29 is 18.7 Å². The van der Waals surface area contributed by atoms with Crippen LogP contribution in [-0.4, -0.2) is 30.1 Å². The van der Waals surface area contributed by atoms with E-state index in [4.69, 9.17) is 14.5 Å². The van der Waals surface area contributed by atoms with E-state index >= 15 is 0 Å². The third-order valence-electron chi connectivity index (χ3n) is 8.31. The molecule has 0 amide bonds. The average molecular weight is 545 g/mol. The number of carbonyl (C=O) groups excluding carboxylic acids is 1. The molecule has 1 saturated heterocycles. The van der Waals surface area contributed by atoms with Crippen LogP contribution in [0.5, 0.6) is 5.75 Å². The van der Waals surface area contributed by atoms with Crippen LogP contribution in [0.3, 0.4) is 0 Å². The van der Waals surface area contributed by atoms with Gasteiger partial charge in [0.05, 0.1) is 18.2 Å². The minimum Gasteiger partial charge on any atom is -0.485 e. The zero-order valence-corrected chi connectivity index (χ0v) is 24.6. The Morgan fingerprint density at radius 2 is 1.80 bits per heavy atom. The van der Waals surface area contributed by atoms with E-state index in [1.165, 1.54) is 12.1 Å². The highest BCUT2D eigenvalue weighted by Crippen LogP contribution is 2.44. The van der Waals surface area contributed by atoms with Gasteiger partial charge in [-0.2, -0.15) is 0 Å². The molecule has 3 aromatic rings. The van der Waals surface area contributed by atoms with E-state index in [1.807, 2.05) is 20.8 Å². The third-order valence-corrected chi connectivity index (χ3v) is 8.31. The van der Waals surface area contributed by atoms with E-state index in [9.17, 15) is 9.18 Å². The number of pyridine rings is 1. The molecule has 0 aliphatic carbocycles. The van der Waals surface area contributed by atoms with Gasteiger partial charge in [0.15, 0.2) is 0 Å². The molecule has 1 aromatic heterocycles. The molecule has 6 heteroatoms. The van der Waals surface area contributed by atoms with Crippen molar-refractivity contribution in [1.29, 1.82) is 0 Å². The van der Waals surface area contributed by atoms with Gasteiger partial charge in [0, 0.05) is 35.6 Å². The summed E-state index contributed by atoms with van der Waals surface area (Å²) in [5.74, 6) is 0.402. The Balaban J connectivity index is 1.54. The number of esters is 1. The monoisotopic (exact) mass is 544 g/mol. The Morgan fingerprint density at radius 3 is 2.48 bits per heavy atom. The van der Waals surface area contributed by atoms with Gasteiger partial charge in [0.1, 0.15) is 17.7 Å². The number of piperidine rings is 1. The van der Waals surface area contributed by atoms with Gasteiger partial charge >= 0.3 is 5.97 Å². The Labute approximate surface area is 237 Å². The minimum absolute atomic E-state index is 0.0902. The van der Waals surface area contributed by atoms with Crippen molar-refractivity contribution >= 4 is 11.7 Å². The number of ether oxygens (including phenoxy) is 2. The predicted molar refractivity (Wildman–Crippen MR) is 157 cm³/mol. The van der Waals surface area contributed by atoms with Gasteiger partial charge in [0.25, 0.3) is 0 Å². The van der Waals surface area contributed by atoms with Crippen molar-refractivity contribution in [2.75, 3.05) is 18.0 Å². The van der Waals surface area contributed by atoms with Crippen LogP contribution in [0.15, 0.2) is 42.5 Å². The van der Waals surface area contributed by atoms with E-state index < -0.39 is 0 Å². The van der Waals surface area contributed by atoms with Gasteiger partial charge in [-0.1, -0.05) is 32.0 Å². The van der Waals surface area contributed by atoms with Crippen LogP contribution in [0.25, 0.3) is 11.1 Å². The largest absolute Gasteiger partial charge is 0.485 e. The summed E-state index contributed by atoms with van der Waals surface area (Å²) in [6.07, 6.45) is 3.82. The molecule has 40 heavy (non-hydrogen) atoms. The number of halogens is 1. The molecule has 2 aliphatic heterocycles. The molecule has 3 heterocycles. The summed E-state index contributed by atoms with van der Waals surface area (Å²) in [6.45, 7) is 14.4. The zero-order chi connectivity index (χ0) is 28.6. The third kappa shape index (κ3) is 6.01. The molecule has 0 spiro atoms. The number of hydrogen-bond acceptors (Lipinski definition) is 5. The van der Waals surface area contributed by atoms with E-state index in [0.29, 0.717) is 5.41 Å². The maximum atomic E-state index is 13.4. The fourth-order valence-electron chi connectivity index (χ4n) is 6.02. The number of benzene rings is 2. The molecular weight excluding hydrogens is 503 g/mol. The van der Waals surface area contributed by atoms with Gasteiger partial charge in [-0.25, -0.2) is 4.39 Å². The molecule has 1 atom stereocenters. The van der Waals surface area contributed by atoms with Crippen LogP contribution in [0.2, 0.25) is 0 Å². The number of aryl methyl sites for hydroxylation is 3. The molecule has 2 aliphatic rings. The lowest BCUT2D eigenvalue weighted by atomic mass is 9.82. The van der Waals surface area contributed by atoms with Crippen LogP contribution in [0.1, 0.15) is 81.1 Å². The minimum atomic E-state index is -0.239. The fourth-order valence-corrected chi connectivity index (χ4v) is 6.02. The van der Waals surface area contributed by atoms with E-state index in [0.717, 1.165) is 89.4 Å². The molecule has 0 N–H and O–H groups in total. The molecule has 5 rings (SSSR count). The summed E-state index contributed by atoms with van der Waals surface area (Å²) in [6, 6.07) is 13.0. The topological polar surface area (TPSA) is 51.7 Å². The number of anilines is 1. The summed E-state index contributed by atoms with van der Waals surface area (Å²) in [4.78, 5) is 20.3. The second-order valence-electron chi connectivity index (χ2n) is 12.4. The van der Waals surface area contributed by atoms with E-state index in [-0.39, 0.29) is 30.4 Å². The van der Waals surface area contributed by atoms with Gasteiger partial charge in [-0.15, -0.1) is 0 Å². The van der Waals surface area contributed by atoms with E-state index in [1.54, 1.807) is 12.1 Å². The average Bonchev–Trinajstić information content (AvgIpc) is 2.89. The van der Waals surface area contributed by atoms with Gasteiger partial charge < -0.3 is 14.4 Å². The van der Waals surface area contributed by atoms with Crippen molar-refractivity contribution in [3.8, 4) is 16.9 Å². The second-order valence-corrected chi connectivity index (χ2v) is 12.4. The first-order valence-corrected chi connectivity index (χ1v) is 14.5. The first-order chi connectivity index (χ1) is 19.0. The predicted octanol–water partition coefficient (Wildman–Crippen LogP) is 7.69. The number of fused-ring (bicyclic) bond motifs is 1. The highest BCUT2D eigenvalue weighted by molar-refractivity contribution is 5.87. The summed E-state index contributed by atoms with van der Waals surface area (Å²) in [5, 5.41) is 0. The van der Waals surface area contributed by atoms with Crippen LogP contribution in [0, 0.1) is 25.1 Å². The van der Waals surface area contributed by atoms with Crippen molar-refractivity contribution in [2.45, 2.75) is 85.9 Å². The number of rotatable bonds is 6. The first-order valence-electron chi connectivity index (χ1n) is 14.5. The summed E-state index contributed by atoms with van der Waals surface area (Å²) in [7, 11) is 0. The van der Waals surface area contributed by atoms with Crippen molar-refractivity contribution in [1.82, 2.24) is 4.98 Å². The smallest absolute Gasteiger partial charge is 0.310 e. The lowest BCUT2D eigenvalue weighted by Gasteiger charge is -2.40. The summed E-state index contributed by atoms with van der Waals surface area (Å²) in [5.41, 5.74) is 8.52. The lowest BCUT2D eigenvalue weighted by Crippen LogP contribution is -2.38. The quantitative estimate of drug-likeness (QED) is 0.298. The molecule has 212 valence electrons. The van der Waals surface area contributed by atoms with Gasteiger partial charge in [0.2, 0.25) is 0 Å². The first kappa shape index (κ1) is 28.1. The standard InChI is InChI=1S/C34H41FN2O3/c1-21(2)39-31(38)20-28-22(3)36-23(4)32(33(28)37-17-15-34(5,6)16-18-37)26-10-14-30-25(19-26)9-13-29(40-30)24-7-11-27(35)12-8-24/h7-8,10-12,14,19,21,29H,9,13,15-18,20H2,1-6H3. The highest BCUT2D eigenvalue weighted by atomic mass is 19.1. The molecule has 0 radical (unpaired) electrons. The maximum Gasteiger partial charge on any atom is 0.310 e. The Kier molecular flexibility index (Phi) is 7.89. The van der Waals surface area contributed by atoms with Crippen LogP contribution >= 0.6 is 0 Å². The Hall–Kier alpha value is -3.41. The SMILES string of the molecule is Cc1nc(C)c(-c2ccc3c(c2)CCC(c2ccc(F)cc2)O3)c(N2CCC(C)(C)CC2)c1CC(=O)OC(C)C. The molecule has 0 saturated carbocycles. The highest BCUT2D eigenvalue weighted by Gasteiger charge is 2.31. The van der Waals surface area contributed by atoms with Crippen molar-refractivity contribution in [3.05, 3.63) is 76.4 Å². The maximum absolute atomic E-state index is 13.4.